The van der Waals surface area contributed by atoms with Crippen molar-refractivity contribution in [1.29, 1.82) is 0 Å². The van der Waals surface area contributed by atoms with Gasteiger partial charge in [-0.15, -0.1) is 0 Å². The minimum atomic E-state index is -4.53. The monoisotopic (exact) mass is 826 g/mol. The molecule has 0 bridgehead atoms. The number of allylic oxidation sites excluding steroid dienone is 6. The summed E-state index contributed by atoms with van der Waals surface area (Å²) in [6, 6.07) is 0. The van der Waals surface area contributed by atoms with Crippen LogP contribution in [-0.4, -0.2) is 70.7 Å². The first-order valence-electron chi connectivity index (χ1n) is 23.7. The van der Waals surface area contributed by atoms with Gasteiger partial charge in [0.2, 0.25) is 0 Å². The number of esters is 1. The van der Waals surface area contributed by atoms with E-state index in [9.17, 15) is 14.3 Å². The zero-order valence-electron chi connectivity index (χ0n) is 38.0. The molecule has 0 amide bonds. The quantitative estimate of drug-likeness (QED) is 0.0198. The largest absolute Gasteiger partial charge is 0.756 e. The minimum absolute atomic E-state index is 0.0231. The van der Waals surface area contributed by atoms with Gasteiger partial charge in [0, 0.05) is 13.0 Å². The van der Waals surface area contributed by atoms with Gasteiger partial charge in [-0.2, -0.15) is 0 Å². The Bertz CT molecular complexity index is 1010. The Hall–Kier alpha value is -1.28. The Morgan fingerprint density at radius 3 is 1.47 bits per heavy atom. The van der Waals surface area contributed by atoms with E-state index < -0.39 is 13.9 Å². The summed E-state index contributed by atoms with van der Waals surface area (Å²) in [5.74, 6) is -0.347. The second-order valence-corrected chi connectivity index (χ2v) is 18.5. The van der Waals surface area contributed by atoms with E-state index in [1.54, 1.807) is 0 Å². The Morgan fingerprint density at radius 1 is 0.544 bits per heavy atom. The second-order valence-electron chi connectivity index (χ2n) is 17.1. The van der Waals surface area contributed by atoms with Crippen LogP contribution in [0.5, 0.6) is 0 Å². The molecular weight excluding hydrogens is 734 g/mol. The van der Waals surface area contributed by atoms with Crippen LogP contribution in [0.3, 0.4) is 0 Å². The molecule has 0 aliphatic carbocycles. The number of hydrogen-bond acceptors (Lipinski definition) is 7. The average molecular weight is 826 g/mol. The lowest BCUT2D eigenvalue weighted by Gasteiger charge is -2.28. The minimum Gasteiger partial charge on any atom is -0.756 e. The second kappa shape index (κ2) is 41.5. The van der Waals surface area contributed by atoms with Crippen molar-refractivity contribution in [2.45, 2.75) is 213 Å². The molecule has 0 heterocycles. The molecule has 2 atom stereocenters. The summed E-state index contributed by atoms with van der Waals surface area (Å²) in [5.41, 5.74) is 0. The zero-order chi connectivity index (χ0) is 42.0. The summed E-state index contributed by atoms with van der Waals surface area (Å²) in [4.78, 5) is 25.1. The number of carbonyl (C=O) groups is 1. The topological polar surface area (TPSA) is 94.1 Å². The van der Waals surface area contributed by atoms with Crippen molar-refractivity contribution in [3.05, 3.63) is 36.5 Å². The lowest BCUT2D eigenvalue weighted by Crippen LogP contribution is -2.37. The van der Waals surface area contributed by atoms with E-state index in [-0.39, 0.29) is 25.8 Å². The highest BCUT2D eigenvalue weighted by molar-refractivity contribution is 7.45. The molecule has 2 unspecified atom stereocenters. The zero-order valence-corrected chi connectivity index (χ0v) is 38.9. The van der Waals surface area contributed by atoms with Crippen LogP contribution in [-0.2, 0) is 27.9 Å². The summed E-state index contributed by atoms with van der Waals surface area (Å²) in [6.07, 6.45) is 48.7. The van der Waals surface area contributed by atoms with Gasteiger partial charge in [-0.05, 0) is 70.6 Å². The molecule has 0 rings (SSSR count). The summed E-state index contributed by atoms with van der Waals surface area (Å²) in [7, 11) is 1.35. The third kappa shape index (κ3) is 45.7. The van der Waals surface area contributed by atoms with Crippen LogP contribution in [0.25, 0.3) is 0 Å². The normalized spacial score (nSPS) is 14.0. The third-order valence-corrected chi connectivity index (χ3v) is 11.1. The smallest absolute Gasteiger partial charge is 0.306 e. The van der Waals surface area contributed by atoms with E-state index in [2.05, 4.69) is 50.3 Å². The summed E-state index contributed by atoms with van der Waals surface area (Å²) in [5, 5.41) is 0. The average Bonchev–Trinajstić information content (AvgIpc) is 3.16. The highest BCUT2D eigenvalue weighted by atomic mass is 31.2. The number of likely N-dealkylation sites (N-methyl/N-ethyl adjacent to an activating group) is 1. The molecule has 9 heteroatoms. The van der Waals surface area contributed by atoms with Crippen molar-refractivity contribution in [1.82, 2.24) is 0 Å². The first-order chi connectivity index (χ1) is 27.6. The number of phosphoric acid groups is 1. The van der Waals surface area contributed by atoms with Gasteiger partial charge in [0.25, 0.3) is 7.82 Å². The van der Waals surface area contributed by atoms with Crippen molar-refractivity contribution in [3.63, 3.8) is 0 Å². The lowest BCUT2D eigenvalue weighted by atomic mass is 10.1. The third-order valence-electron chi connectivity index (χ3n) is 10.2. The molecule has 57 heavy (non-hydrogen) atoms. The van der Waals surface area contributed by atoms with Crippen molar-refractivity contribution in [2.24, 2.45) is 0 Å². The van der Waals surface area contributed by atoms with E-state index in [0.29, 0.717) is 24.1 Å². The van der Waals surface area contributed by atoms with Crippen LogP contribution in [0.15, 0.2) is 36.5 Å². The van der Waals surface area contributed by atoms with Gasteiger partial charge in [-0.25, -0.2) is 0 Å². The summed E-state index contributed by atoms with van der Waals surface area (Å²) < 4.78 is 34.6. The first-order valence-corrected chi connectivity index (χ1v) is 25.2. The van der Waals surface area contributed by atoms with Gasteiger partial charge >= 0.3 is 5.97 Å². The molecule has 0 fully saturated rings. The Balaban J connectivity index is 4.18. The van der Waals surface area contributed by atoms with E-state index in [1.165, 1.54) is 128 Å². The van der Waals surface area contributed by atoms with Gasteiger partial charge in [0.15, 0.2) is 0 Å². The van der Waals surface area contributed by atoms with Gasteiger partial charge in [0.1, 0.15) is 19.3 Å². The number of ether oxygens (including phenoxy) is 2. The molecule has 336 valence electrons. The number of quaternary nitrogens is 1. The Kier molecular flexibility index (Phi) is 40.5. The molecule has 0 saturated carbocycles. The number of hydrogen-bond donors (Lipinski definition) is 0. The van der Waals surface area contributed by atoms with E-state index in [1.807, 2.05) is 21.1 Å². The molecule has 0 spiro atoms. The molecule has 0 saturated heterocycles. The molecule has 0 radical (unpaired) electrons. The number of nitrogens with zero attached hydrogens (tertiary/aromatic N) is 1. The van der Waals surface area contributed by atoms with E-state index >= 15 is 0 Å². The molecule has 8 nitrogen and oxygen atoms in total. The van der Waals surface area contributed by atoms with Gasteiger partial charge in [-0.1, -0.05) is 166 Å². The van der Waals surface area contributed by atoms with E-state index in [4.69, 9.17) is 18.5 Å². The van der Waals surface area contributed by atoms with Crippen molar-refractivity contribution in [3.8, 4) is 0 Å². The van der Waals surface area contributed by atoms with Crippen LogP contribution in [0.2, 0.25) is 0 Å². The summed E-state index contributed by atoms with van der Waals surface area (Å²) >= 11 is 0. The fraction of sp³-hybridized carbons (Fsp3) is 0.854. The molecular formula is C48H92NO7P. The Morgan fingerprint density at radius 2 is 0.965 bits per heavy atom. The lowest BCUT2D eigenvalue weighted by molar-refractivity contribution is -0.870. The molecule has 0 aliphatic rings. The van der Waals surface area contributed by atoms with Crippen LogP contribution in [0, 0.1) is 0 Å². The fourth-order valence-electron chi connectivity index (χ4n) is 6.45. The van der Waals surface area contributed by atoms with Gasteiger partial charge in [-0.3, -0.25) is 9.36 Å². The Labute approximate surface area is 353 Å². The van der Waals surface area contributed by atoms with Crippen LogP contribution >= 0.6 is 7.82 Å². The molecule has 0 N–H and O–H groups in total. The predicted molar refractivity (Wildman–Crippen MR) is 240 cm³/mol. The van der Waals surface area contributed by atoms with Gasteiger partial charge < -0.3 is 27.9 Å². The maximum absolute atomic E-state index is 12.7. The summed E-state index contributed by atoms with van der Waals surface area (Å²) in [6.45, 7) is 5.38. The van der Waals surface area contributed by atoms with Crippen molar-refractivity contribution in [2.75, 3.05) is 54.1 Å². The highest BCUT2D eigenvalue weighted by Gasteiger charge is 2.20. The van der Waals surface area contributed by atoms with Crippen LogP contribution in [0.1, 0.15) is 206 Å². The van der Waals surface area contributed by atoms with Crippen molar-refractivity contribution >= 4 is 13.8 Å². The fourth-order valence-corrected chi connectivity index (χ4v) is 7.18. The van der Waals surface area contributed by atoms with Crippen LogP contribution in [0.4, 0.5) is 0 Å². The standard InChI is InChI=1S/C48H92NO7P/c1-6-8-10-12-14-16-18-20-22-23-24-25-26-28-30-32-34-36-38-40-43-53-45-47(46-55-57(51,52)54-44-42-49(3,4)5)56-48(50)41-39-37-35-33-31-29-27-21-19-17-15-13-11-9-7-2/h15,17,20-22,27,47H,6-14,16,18-19,23-26,28-46H2,1-5H3/b17-15-,22-20-,27-21-. The molecule has 0 aromatic carbocycles. The predicted octanol–water partition coefficient (Wildman–Crippen LogP) is 13.5. The number of rotatable bonds is 44. The van der Waals surface area contributed by atoms with Crippen LogP contribution < -0.4 is 4.89 Å². The number of phosphoric ester groups is 1. The van der Waals surface area contributed by atoms with Gasteiger partial charge in [0.05, 0.1) is 34.4 Å². The number of carbonyl (C=O) groups excluding carboxylic acids is 1. The molecule has 0 aromatic rings. The number of unbranched alkanes of at least 4 members (excludes halogenated alkanes) is 24. The molecule has 0 aliphatic heterocycles. The molecule has 0 aromatic heterocycles. The van der Waals surface area contributed by atoms with Crippen molar-refractivity contribution < 1.29 is 37.3 Å². The first kappa shape index (κ1) is 55.7. The van der Waals surface area contributed by atoms with E-state index in [0.717, 1.165) is 57.8 Å². The highest BCUT2D eigenvalue weighted by Crippen LogP contribution is 2.38. The maximum atomic E-state index is 12.7. The SMILES string of the molecule is CCCCC/C=C\C/C=C\CCCCCCCC(=O)OC(COCCCCCCCCCCCC/C=C\CCCCCCCC)COP(=O)([O-])OCC[N+](C)(C)C. The maximum Gasteiger partial charge on any atom is 0.306 e.